The lowest BCUT2D eigenvalue weighted by Gasteiger charge is -2.07. The third-order valence-electron chi connectivity index (χ3n) is 1.61. The highest BCUT2D eigenvalue weighted by atomic mass is 32.1. The molecule has 0 fully saturated rings. The van der Waals surface area contributed by atoms with Crippen molar-refractivity contribution < 1.29 is 4.39 Å². The second kappa shape index (κ2) is 3.26. The van der Waals surface area contributed by atoms with Crippen LogP contribution in [0.4, 0.5) is 4.39 Å². The Morgan fingerprint density at radius 3 is 2.45 bits per heavy atom. The SMILES string of the molecule is CC(C)c1ccc(F)cc1S. The average molecular weight is 170 g/mol. The fraction of sp³-hybridized carbons (Fsp3) is 0.333. The number of hydrogen-bond acceptors (Lipinski definition) is 1. The third kappa shape index (κ3) is 1.96. The first-order valence-corrected chi connectivity index (χ1v) is 4.04. The minimum absolute atomic E-state index is 0.223. The van der Waals surface area contributed by atoms with Crippen molar-refractivity contribution in [2.75, 3.05) is 0 Å². The van der Waals surface area contributed by atoms with Crippen LogP contribution >= 0.6 is 12.6 Å². The van der Waals surface area contributed by atoms with Gasteiger partial charge in [-0.05, 0) is 23.6 Å². The molecule has 0 bridgehead atoms. The molecule has 0 heterocycles. The van der Waals surface area contributed by atoms with E-state index in [1.54, 1.807) is 6.07 Å². The molecule has 0 saturated heterocycles. The van der Waals surface area contributed by atoms with E-state index in [1.807, 2.05) is 0 Å². The Kier molecular flexibility index (Phi) is 2.55. The number of thiol groups is 1. The molecule has 0 aliphatic rings. The molecule has 0 unspecified atom stereocenters. The number of rotatable bonds is 1. The molecule has 0 amide bonds. The lowest BCUT2D eigenvalue weighted by atomic mass is 10.0. The fourth-order valence-electron chi connectivity index (χ4n) is 1.01. The maximum atomic E-state index is 12.6. The lowest BCUT2D eigenvalue weighted by molar-refractivity contribution is 0.621. The summed E-state index contributed by atoms with van der Waals surface area (Å²) >= 11 is 4.17. The molecular weight excluding hydrogens is 159 g/mol. The minimum Gasteiger partial charge on any atom is -0.207 e. The van der Waals surface area contributed by atoms with Gasteiger partial charge in [0.05, 0.1) is 0 Å². The summed E-state index contributed by atoms with van der Waals surface area (Å²) in [5.74, 6) is 0.183. The monoisotopic (exact) mass is 170 g/mol. The van der Waals surface area contributed by atoms with Gasteiger partial charge in [-0.1, -0.05) is 19.9 Å². The summed E-state index contributed by atoms with van der Waals surface area (Å²) in [4.78, 5) is 0.736. The van der Waals surface area contributed by atoms with Gasteiger partial charge in [-0.25, -0.2) is 4.39 Å². The van der Waals surface area contributed by atoms with Crippen molar-refractivity contribution in [3.63, 3.8) is 0 Å². The van der Waals surface area contributed by atoms with E-state index in [0.29, 0.717) is 5.92 Å². The number of halogens is 1. The highest BCUT2D eigenvalue weighted by Gasteiger charge is 2.03. The van der Waals surface area contributed by atoms with Crippen LogP contribution in [0.3, 0.4) is 0 Å². The van der Waals surface area contributed by atoms with E-state index >= 15 is 0 Å². The van der Waals surface area contributed by atoms with Crippen LogP contribution in [0.25, 0.3) is 0 Å². The number of benzene rings is 1. The summed E-state index contributed by atoms with van der Waals surface area (Å²) in [6, 6.07) is 4.69. The van der Waals surface area contributed by atoms with Crippen LogP contribution in [0.1, 0.15) is 25.3 Å². The summed E-state index contributed by atoms with van der Waals surface area (Å²) in [6.45, 7) is 4.12. The molecule has 11 heavy (non-hydrogen) atoms. The van der Waals surface area contributed by atoms with E-state index in [0.717, 1.165) is 10.5 Å². The van der Waals surface area contributed by atoms with Crippen LogP contribution in [0, 0.1) is 5.82 Å². The van der Waals surface area contributed by atoms with Crippen LogP contribution in [0.2, 0.25) is 0 Å². The minimum atomic E-state index is -0.223. The first-order chi connectivity index (χ1) is 5.11. The second-order valence-corrected chi connectivity index (χ2v) is 3.34. The smallest absolute Gasteiger partial charge is 0.124 e. The normalized spacial score (nSPS) is 10.6. The third-order valence-corrected chi connectivity index (χ3v) is 2.00. The van der Waals surface area contributed by atoms with Crippen molar-refractivity contribution in [3.05, 3.63) is 29.6 Å². The molecule has 2 heteroatoms. The van der Waals surface area contributed by atoms with Gasteiger partial charge in [0.1, 0.15) is 5.82 Å². The van der Waals surface area contributed by atoms with Crippen LogP contribution < -0.4 is 0 Å². The molecule has 0 N–H and O–H groups in total. The van der Waals surface area contributed by atoms with E-state index in [2.05, 4.69) is 26.5 Å². The van der Waals surface area contributed by atoms with Gasteiger partial charge in [0.15, 0.2) is 0 Å². The molecule has 0 aliphatic carbocycles. The first-order valence-electron chi connectivity index (χ1n) is 3.59. The van der Waals surface area contributed by atoms with Gasteiger partial charge in [0.2, 0.25) is 0 Å². The van der Waals surface area contributed by atoms with E-state index in [-0.39, 0.29) is 5.82 Å². The Morgan fingerprint density at radius 2 is 2.00 bits per heavy atom. The molecule has 0 aromatic heterocycles. The lowest BCUT2D eigenvalue weighted by Crippen LogP contribution is -1.89. The zero-order valence-electron chi connectivity index (χ0n) is 6.63. The van der Waals surface area contributed by atoms with Crippen molar-refractivity contribution in [1.29, 1.82) is 0 Å². The topological polar surface area (TPSA) is 0 Å². The molecule has 0 spiro atoms. The van der Waals surface area contributed by atoms with Crippen molar-refractivity contribution in [2.24, 2.45) is 0 Å². The van der Waals surface area contributed by atoms with Gasteiger partial charge >= 0.3 is 0 Å². The Morgan fingerprint density at radius 1 is 1.36 bits per heavy atom. The maximum absolute atomic E-state index is 12.6. The van der Waals surface area contributed by atoms with Gasteiger partial charge in [0, 0.05) is 4.90 Å². The highest BCUT2D eigenvalue weighted by molar-refractivity contribution is 7.80. The van der Waals surface area contributed by atoms with Gasteiger partial charge < -0.3 is 0 Å². The molecule has 1 rings (SSSR count). The Labute approximate surface area is 71.8 Å². The van der Waals surface area contributed by atoms with Crippen LogP contribution in [-0.2, 0) is 0 Å². The van der Waals surface area contributed by atoms with E-state index in [4.69, 9.17) is 0 Å². The molecule has 1 aromatic carbocycles. The summed E-state index contributed by atoms with van der Waals surface area (Å²) in [7, 11) is 0. The zero-order chi connectivity index (χ0) is 8.43. The Hall–Kier alpha value is -0.500. The number of hydrogen-bond donors (Lipinski definition) is 1. The summed E-state index contributed by atoms with van der Waals surface area (Å²) in [5, 5.41) is 0. The maximum Gasteiger partial charge on any atom is 0.124 e. The van der Waals surface area contributed by atoms with Crippen LogP contribution in [0.15, 0.2) is 23.1 Å². The summed E-state index contributed by atoms with van der Waals surface area (Å²) in [5.41, 5.74) is 1.09. The van der Waals surface area contributed by atoms with Gasteiger partial charge in [-0.2, -0.15) is 0 Å². The zero-order valence-corrected chi connectivity index (χ0v) is 7.53. The van der Waals surface area contributed by atoms with Gasteiger partial charge in [-0.3, -0.25) is 0 Å². The largest absolute Gasteiger partial charge is 0.207 e. The Balaban J connectivity index is 3.09. The quantitative estimate of drug-likeness (QED) is 0.614. The van der Waals surface area contributed by atoms with Crippen molar-refractivity contribution in [2.45, 2.75) is 24.7 Å². The fourth-order valence-corrected chi connectivity index (χ4v) is 1.46. The molecule has 0 radical (unpaired) electrons. The summed E-state index contributed by atoms with van der Waals surface area (Å²) < 4.78 is 12.6. The first kappa shape index (κ1) is 8.60. The van der Waals surface area contributed by atoms with E-state index in [9.17, 15) is 4.39 Å². The van der Waals surface area contributed by atoms with E-state index < -0.39 is 0 Å². The predicted octanol–water partition coefficient (Wildman–Crippen LogP) is 3.24. The molecule has 60 valence electrons. The standard InChI is InChI=1S/C9H11FS/c1-6(2)8-4-3-7(10)5-9(8)11/h3-6,11H,1-2H3. The summed E-state index contributed by atoms with van der Waals surface area (Å²) in [6.07, 6.45) is 0. The molecule has 1 aromatic rings. The van der Waals surface area contributed by atoms with Crippen LogP contribution in [-0.4, -0.2) is 0 Å². The van der Waals surface area contributed by atoms with Gasteiger partial charge in [0.25, 0.3) is 0 Å². The van der Waals surface area contributed by atoms with Crippen molar-refractivity contribution >= 4 is 12.6 Å². The average Bonchev–Trinajstić information content (AvgIpc) is 1.85. The van der Waals surface area contributed by atoms with Crippen molar-refractivity contribution in [3.8, 4) is 0 Å². The molecular formula is C9H11FS. The highest BCUT2D eigenvalue weighted by Crippen LogP contribution is 2.22. The van der Waals surface area contributed by atoms with Gasteiger partial charge in [-0.15, -0.1) is 12.6 Å². The second-order valence-electron chi connectivity index (χ2n) is 2.86. The molecule has 0 aliphatic heterocycles. The van der Waals surface area contributed by atoms with Crippen molar-refractivity contribution in [1.82, 2.24) is 0 Å². The van der Waals surface area contributed by atoms with E-state index in [1.165, 1.54) is 12.1 Å². The predicted molar refractivity (Wildman–Crippen MR) is 47.7 cm³/mol. The Bertz CT molecular complexity index is 256. The van der Waals surface area contributed by atoms with Crippen LogP contribution in [0.5, 0.6) is 0 Å². The molecule has 0 nitrogen and oxygen atoms in total. The molecule has 0 saturated carbocycles. The molecule has 0 atom stereocenters.